The monoisotopic (exact) mass is 1030 g/mol. The SMILES string of the molecule is CC/C=C\C/C=C\C/C=C\C/C=C\C/C=C\C/C=C\C/C=C\C/C=C\C/C=C\C/C=C\CCCCCCC(=O)OC(COC(=O)C/C=C\C/C=C\C/C=C\C/C=C\C/C=C\CC)COC(OCC[N+](C)(C)C)C(=O)[O-]. The van der Waals surface area contributed by atoms with Crippen LogP contribution in [0.25, 0.3) is 0 Å². The summed E-state index contributed by atoms with van der Waals surface area (Å²) in [5.74, 6) is -2.51. The number of ether oxygens (including phenoxy) is 4. The van der Waals surface area contributed by atoms with E-state index in [0.29, 0.717) is 23.9 Å². The van der Waals surface area contributed by atoms with Crippen LogP contribution in [0, 0.1) is 0 Å². The Morgan fingerprint density at radius 3 is 1.12 bits per heavy atom. The largest absolute Gasteiger partial charge is 0.545 e. The number of unbranched alkanes of at least 4 members (excludes halogenated alkanes) is 4. The van der Waals surface area contributed by atoms with Gasteiger partial charge < -0.3 is 33.3 Å². The molecular weight excluding hydrogens is 935 g/mol. The lowest BCUT2D eigenvalue weighted by atomic mass is 10.1. The van der Waals surface area contributed by atoms with Gasteiger partial charge in [0.05, 0.1) is 46.7 Å². The van der Waals surface area contributed by atoms with E-state index in [-0.39, 0.29) is 32.7 Å². The van der Waals surface area contributed by atoms with Gasteiger partial charge in [0.2, 0.25) is 0 Å². The van der Waals surface area contributed by atoms with Crippen molar-refractivity contribution in [3.63, 3.8) is 0 Å². The van der Waals surface area contributed by atoms with Gasteiger partial charge in [-0.15, -0.1) is 0 Å². The molecule has 0 saturated heterocycles. The van der Waals surface area contributed by atoms with E-state index < -0.39 is 30.3 Å². The van der Waals surface area contributed by atoms with Crippen LogP contribution in [0.1, 0.15) is 155 Å². The van der Waals surface area contributed by atoms with Crippen molar-refractivity contribution < 1.29 is 42.9 Å². The summed E-state index contributed by atoms with van der Waals surface area (Å²) < 4.78 is 22.4. The van der Waals surface area contributed by atoms with Crippen molar-refractivity contribution in [3.05, 3.63) is 182 Å². The Bertz CT molecular complexity index is 1870. The number of nitrogens with zero attached hydrogens (tertiary/aromatic N) is 1. The smallest absolute Gasteiger partial charge is 0.309 e. The summed E-state index contributed by atoms with van der Waals surface area (Å²) in [5, 5.41) is 11.7. The Hall–Kier alpha value is -5.61. The second-order valence-corrected chi connectivity index (χ2v) is 18.8. The minimum Gasteiger partial charge on any atom is -0.545 e. The Morgan fingerprint density at radius 2 is 0.760 bits per heavy atom. The van der Waals surface area contributed by atoms with Gasteiger partial charge in [-0.25, -0.2) is 0 Å². The van der Waals surface area contributed by atoms with Gasteiger partial charge in [-0.2, -0.15) is 0 Å². The van der Waals surface area contributed by atoms with Gasteiger partial charge in [-0.3, -0.25) is 9.59 Å². The number of aliphatic carboxylic acids is 1. The van der Waals surface area contributed by atoms with Gasteiger partial charge in [0.25, 0.3) is 0 Å². The zero-order valence-corrected chi connectivity index (χ0v) is 47.1. The molecule has 0 saturated carbocycles. The fraction of sp³-hybridized carbons (Fsp3) is 0.500. The van der Waals surface area contributed by atoms with Crippen LogP contribution in [0.5, 0.6) is 0 Å². The molecule has 0 aliphatic carbocycles. The summed E-state index contributed by atoms with van der Waals surface area (Å²) in [5.41, 5.74) is 0. The number of carbonyl (C=O) groups excluding carboxylic acids is 3. The summed E-state index contributed by atoms with van der Waals surface area (Å²) in [6.45, 7) is 4.32. The normalized spacial score (nSPS) is 14.2. The minimum atomic E-state index is -1.66. The van der Waals surface area contributed by atoms with Crippen molar-refractivity contribution in [2.24, 2.45) is 0 Å². The third-order valence-electron chi connectivity index (χ3n) is 10.7. The van der Waals surface area contributed by atoms with Crippen molar-refractivity contribution >= 4 is 17.9 Å². The number of carbonyl (C=O) groups is 3. The summed E-state index contributed by atoms with van der Waals surface area (Å²) >= 11 is 0. The molecule has 0 fully saturated rings. The van der Waals surface area contributed by atoms with Crippen LogP contribution in [0.4, 0.5) is 0 Å². The second kappa shape index (κ2) is 54.6. The molecule has 0 radical (unpaired) electrons. The molecule has 0 aliphatic heterocycles. The zero-order valence-electron chi connectivity index (χ0n) is 47.1. The van der Waals surface area contributed by atoms with E-state index in [4.69, 9.17) is 18.9 Å². The number of quaternary nitrogens is 1. The van der Waals surface area contributed by atoms with Crippen molar-refractivity contribution in [2.75, 3.05) is 47.5 Å². The first kappa shape index (κ1) is 69.4. The summed E-state index contributed by atoms with van der Waals surface area (Å²) in [4.78, 5) is 37.1. The van der Waals surface area contributed by atoms with Crippen LogP contribution in [-0.4, -0.2) is 82.3 Å². The fourth-order valence-corrected chi connectivity index (χ4v) is 6.46. The third kappa shape index (κ3) is 56.0. The third-order valence-corrected chi connectivity index (χ3v) is 10.7. The number of carboxylic acids is 1. The highest BCUT2D eigenvalue weighted by atomic mass is 16.7. The van der Waals surface area contributed by atoms with Gasteiger partial charge in [-0.1, -0.05) is 209 Å². The van der Waals surface area contributed by atoms with Gasteiger partial charge in [0.15, 0.2) is 12.4 Å². The van der Waals surface area contributed by atoms with E-state index >= 15 is 0 Å². The molecule has 0 amide bonds. The van der Waals surface area contributed by atoms with Gasteiger partial charge in [0.1, 0.15) is 13.2 Å². The lowest BCUT2D eigenvalue weighted by Crippen LogP contribution is -2.44. The maximum atomic E-state index is 12.8. The molecule has 0 aromatic carbocycles. The maximum absolute atomic E-state index is 12.8. The Labute approximate surface area is 456 Å². The fourth-order valence-electron chi connectivity index (χ4n) is 6.46. The predicted octanol–water partition coefficient (Wildman–Crippen LogP) is 15.2. The molecule has 2 unspecified atom stereocenters. The first-order chi connectivity index (χ1) is 36.6. The van der Waals surface area contributed by atoms with E-state index in [0.717, 1.165) is 116 Å². The number of hydrogen-bond donors (Lipinski definition) is 0. The van der Waals surface area contributed by atoms with Gasteiger partial charge >= 0.3 is 11.9 Å². The van der Waals surface area contributed by atoms with Crippen LogP contribution >= 0.6 is 0 Å². The molecule has 9 heteroatoms. The van der Waals surface area contributed by atoms with E-state index in [2.05, 4.69) is 178 Å². The molecule has 0 aliphatic rings. The van der Waals surface area contributed by atoms with Crippen LogP contribution < -0.4 is 5.11 Å². The van der Waals surface area contributed by atoms with Crippen molar-refractivity contribution in [1.82, 2.24) is 0 Å². The maximum Gasteiger partial charge on any atom is 0.309 e. The molecule has 0 spiro atoms. The number of hydrogen-bond acceptors (Lipinski definition) is 8. The number of likely N-dealkylation sites (N-methyl/N-ethyl adjacent to an activating group) is 1. The highest BCUT2D eigenvalue weighted by Crippen LogP contribution is 2.10. The second-order valence-electron chi connectivity index (χ2n) is 18.8. The molecule has 75 heavy (non-hydrogen) atoms. The Balaban J connectivity index is 4.40. The number of esters is 2. The van der Waals surface area contributed by atoms with E-state index in [1.54, 1.807) is 6.08 Å². The molecule has 0 rings (SSSR count). The Morgan fingerprint density at radius 1 is 0.413 bits per heavy atom. The molecule has 0 aromatic heterocycles. The van der Waals surface area contributed by atoms with E-state index in [9.17, 15) is 19.5 Å². The molecule has 416 valence electrons. The summed E-state index contributed by atoms with van der Waals surface area (Å²) in [7, 11) is 5.86. The lowest BCUT2D eigenvalue weighted by Gasteiger charge is -2.26. The number of carboxylic acid groups (broad SMARTS) is 1. The zero-order chi connectivity index (χ0) is 54.8. The van der Waals surface area contributed by atoms with Gasteiger partial charge in [0, 0.05) is 6.42 Å². The topological polar surface area (TPSA) is 111 Å². The average Bonchev–Trinajstić information content (AvgIpc) is 3.38. The molecule has 0 bridgehead atoms. The first-order valence-corrected chi connectivity index (χ1v) is 27.9. The Kier molecular flexibility index (Phi) is 50.6. The molecule has 2 atom stereocenters. The quantitative estimate of drug-likeness (QED) is 0.0195. The number of rotatable bonds is 48. The first-order valence-electron chi connectivity index (χ1n) is 27.9. The summed E-state index contributed by atoms with van der Waals surface area (Å²) in [6, 6.07) is 0. The lowest BCUT2D eigenvalue weighted by molar-refractivity contribution is -0.870. The molecule has 9 nitrogen and oxygen atoms in total. The van der Waals surface area contributed by atoms with Gasteiger partial charge in [-0.05, 0) is 116 Å². The molecule has 0 N–H and O–H groups in total. The minimum absolute atomic E-state index is 0.0423. The average molecular weight is 1030 g/mol. The highest BCUT2D eigenvalue weighted by molar-refractivity contribution is 5.71. The van der Waals surface area contributed by atoms with Crippen LogP contribution in [0.15, 0.2) is 182 Å². The van der Waals surface area contributed by atoms with Crippen LogP contribution in [0.2, 0.25) is 0 Å². The van der Waals surface area contributed by atoms with Crippen molar-refractivity contribution in [2.45, 2.75) is 167 Å². The molecular formula is C66H99NO8. The van der Waals surface area contributed by atoms with Crippen molar-refractivity contribution in [1.29, 1.82) is 0 Å². The van der Waals surface area contributed by atoms with E-state index in [1.807, 2.05) is 33.3 Å². The summed E-state index contributed by atoms with van der Waals surface area (Å²) in [6.07, 6.45) is 81.2. The van der Waals surface area contributed by atoms with Crippen LogP contribution in [-0.2, 0) is 33.3 Å². The predicted molar refractivity (Wildman–Crippen MR) is 314 cm³/mol. The standard InChI is InChI=1S/C66H99NO8/c1-6-8-10-12-14-16-18-20-22-23-24-25-26-27-28-29-30-31-32-33-34-35-36-37-38-39-40-41-43-45-47-49-51-53-55-57-64(69)75-62(61-74-66(65(70)71)72-59-58-67(3,4)5)60-73-63(68)56-54-52-50-48-46-44-42-21-19-17-15-13-11-9-7-2/h8-11,14-17,20-22,24-25,27-28,30-31,33-34,36-37,39-40,42-43,45-46,48,52,54,62,66H,6-7,12-13,18-19,23,26,29,32,35,38,41,44,47,49-51,53,55-61H2,1-5H3/b10-8-,11-9-,16-14-,17-15-,22-20-,25-24-,28-27-,31-30-,34-33-,37-36-,40-39-,42-21-,45-43-,48-46-,54-52-. The number of allylic oxidation sites excluding steroid dienone is 29. The highest BCUT2D eigenvalue weighted by Gasteiger charge is 2.21. The van der Waals surface area contributed by atoms with Crippen molar-refractivity contribution in [3.8, 4) is 0 Å². The molecule has 0 heterocycles. The van der Waals surface area contributed by atoms with Crippen LogP contribution in [0.3, 0.4) is 0 Å². The molecule has 0 aromatic rings. The van der Waals surface area contributed by atoms with E-state index in [1.165, 1.54) is 0 Å².